The number of H-pyrrole nitrogens is 2. The Labute approximate surface area is 157 Å². The average molecular weight is 358 g/mol. The highest BCUT2D eigenvalue weighted by Crippen LogP contribution is 2.29. The standard InChI is InChI=1S/C22H22N4O/c1-2-7-17(8-3-1)27-18-10-16(13-23-14-18)20-12-22(26-25-20)21-11-15-6-4-5-9-19(15)24-21/h4-6,9-14,17,24H,1-3,7-8H2,(H,25,26). The van der Waals surface area contributed by atoms with Crippen LogP contribution >= 0.6 is 0 Å². The van der Waals surface area contributed by atoms with Gasteiger partial charge in [-0.3, -0.25) is 10.1 Å². The maximum Gasteiger partial charge on any atom is 0.138 e. The molecule has 3 heterocycles. The molecule has 0 bridgehead atoms. The van der Waals surface area contributed by atoms with Crippen molar-refractivity contribution in [2.45, 2.75) is 38.2 Å². The minimum Gasteiger partial charge on any atom is -0.489 e. The Bertz CT molecular complexity index is 1030. The number of nitrogens with zero attached hydrogens (tertiary/aromatic N) is 2. The molecule has 0 saturated heterocycles. The highest BCUT2D eigenvalue weighted by atomic mass is 16.5. The molecule has 5 nitrogen and oxygen atoms in total. The molecule has 0 atom stereocenters. The molecule has 0 spiro atoms. The molecule has 4 aromatic rings. The monoisotopic (exact) mass is 358 g/mol. The number of para-hydroxylation sites is 1. The van der Waals surface area contributed by atoms with Crippen LogP contribution < -0.4 is 4.74 Å². The summed E-state index contributed by atoms with van der Waals surface area (Å²) in [6, 6.07) is 14.5. The third-order valence-electron chi connectivity index (χ3n) is 5.26. The zero-order chi connectivity index (χ0) is 18.1. The fourth-order valence-corrected chi connectivity index (χ4v) is 3.82. The van der Waals surface area contributed by atoms with Crippen LogP contribution in [0.2, 0.25) is 0 Å². The summed E-state index contributed by atoms with van der Waals surface area (Å²) in [5.41, 5.74) is 4.93. The van der Waals surface area contributed by atoms with E-state index in [2.05, 4.69) is 38.4 Å². The van der Waals surface area contributed by atoms with Gasteiger partial charge in [0.05, 0.1) is 29.4 Å². The lowest BCUT2D eigenvalue weighted by Gasteiger charge is -2.22. The van der Waals surface area contributed by atoms with Crippen LogP contribution in [0, 0.1) is 0 Å². The van der Waals surface area contributed by atoms with Crippen LogP contribution in [0.25, 0.3) is 33.5 Å². The molecular weight excluding hydrogens is 336 g/mol. The van der Waals surface area contributed by atoms with E-state index in [1.807, 2.05) is 30.5 Å². The number of aromatic nitrogens is 4. The number of benzene rings is 1. The Balaban J connectivity index is 1.39. The first kappa shape index (κ1) is 16.1. The van der Waals surface area contributed by atoms with Crippen molar-refractivity contribution in [1.82, 2.24) is 20.2 Å². The van der Waals surface area contributed by atoms with E-state index in [1.54, 1.807) is 6.20 Å². The van der Waals surface area contributed by atoms with Gasteiger partial charge in [-0.15, -0.1) is 0 Å². The van der Waals surface area contributed by atoms with E-state index in [0.29, 0.717) is 6.10 Å². The molecule has 27 heavy (non-hydrogen) atoms. The van der Waals surface area contributed by atoms with Gasteiger partial charge in [-0.1, -0.05) is 24.6 Å². The summed E-state index contributed by atoms with van der Waals surface area (Å²) in [6.07, 6.45) is 10.0. The Kier molecular flexibility index (Phi) is 4.13. The third-order valence-corrected chi connectivity index (χ3v) is 5.26. The molecule has 136 valence electrons. The number of rotatable bonds is 4. The Morgan fingerprint density at radius 3 is 2.70 bits per heavy atom. The van der Waals surface area contributed by atoms with Gasteiger partial charge in [-0.2, -0.15) is 5.10 Å². The van der Waals surface area contributed by atoms with Crippen molar-refractivity contribution in [3.63, 3.8) is 0 Å². The molecular formula is C22H22N4O. The molecule has 0 radical (unpaired) electrons. The maximum atomic E-state index is 6.14. The van der Waals surface area contributed by atoms with Crippen LogP contribution in [-0.2, 0) is 0 Å². The lowest BCUT2D eigenvalue weighted by Crippen LogP contribution is -2.19. The summed E-state index contributed by atoms with van der Waals surface area (Å²) in [6.45, 7) is 0. The number of pyridine rings is 1. The van der Waals surface area contributed by atoms with Gasteiger partial charge in [0.15, 0.2) is 0 Å². The molecule has 1 fully saturated rings. The number of nitrogens with one attached hydrogen (secondary N) is 2. The van der Waals surface area contributed by atoms with Crippen LogP contribution in [0.5, 0.6) is 5.75 Å². The van der Waals surface area contributed by atoms with Crippen molar-refractivity contribution in [2.24, 2.45) is 0 Å². The quantitative estimate of drug-likeness (QED) is 0.518. The van der Waals surface area contributed by atoms with E-state index in [4.69, 9.17) is 4.74 Å². The highest BCUT2D eigenvalue weighted by Gasteiger charge is 2.16. The van der Waals surface area contributed by atoms with Crippen molar-refractivity contribution in [2.75, 3.05) is 0 Å². The van der Waals surface area contributed by atoms with Crippen LogP contribution in [0.3, 0.4) is 0 Å². The van der Waals surface area contributed by atoms with Gasteiger partial charge < -0.3 is 9.72 Å². The van der Waals surface area contributed by atoms with Crippen molar-refractivity contribution in [3.05, 3.63) is 54.9 Å². The number of hydrogen-bond donors (Lipinski definition) is 2. The number of hydrogen-bond acceptors (Lipinski definition) is 3. The van der Waals surface area contributed by atoms with E-state index in [0.717, 1.165) is 46.8 Å². The summed E-state index contributed by atoms with van der Waals surface area (Å²) in [5.74, 6) is 0.828. The van der Waals surface area contributed by atoms with Crippen LogP contribution in [0.4, 0.5) is 0 Å². The van der Waals surface area contributed by atoms with Crippen molar-refractivity contribution in [1.29, 1.82) is 0 Å². The second kappa shape index (κ2) is 6.91. The second-order valence-corrected chi connectivity index (χ2v) is 7.22. The summed E-state index contributed by atoms with van der Waals surface area (Å²) in [4.78, 5) is 7.79. The largest absolute Gasteiger partial charge is 0.489 e. The average Bonchev–Trinajstić information content (AvgIpc) is 3.36. The first-order valence-corrected chi connectivity index (χ1v) is 9.61. The van der Waals surface area contributed by atoms with Crippen LogP contribution in [-0.4, -0.2) is 26.3 Å². The molecule has 5 rings (SSSR count). The van der Waals surface area contributed by atoms with Gasteiger partial charge in [0.25, 0.3) is 0 Å². The molecule has 0 aliphatic heterocycles. The molecule has 1 aliphatic carbocycles. The molecule has 3 aromatic heterocycles. The summed E-state index contributed by atoms with van der Waals surface area (Å²) in [5, 5.41) is 8.80. The second-order valence-electron chi connectivity index (χ2n) is 7.22. The maximum absolute atomic E-state index is 6.14. The zero-order valence-electron chi connectivity index (χ0n) is 15.1. The number of fused-ring (bicyclic) bond motifs is 1. The van der Waals surface area contributed by atoms with Gasteiger partial charge >= 0.3 is 0 Å². The smallest absolute Gasteiger partial charge is 0.138 e. The molecule has 2 N–H and O–H groups in total. The van der Waals surface area contributed by atoms with Crippen molar-refractivity contribution < 1.29 is 4.74 Å². The van der Waals surface area contributed by atoms with Crippen molar-refractivity contribution >= 4 is 10.9 Å². The summed E-state index contributed by atoms with van der Waals surface area (Å²) >= 11 is 0. The van der Waals surface area contributed by atoms with E-state index in [-0.39, 0.29) is 0 Å². The van der Waals surface area contributed by atoms with Gasteiger partial charge in [-0.05, 0) is 49.9 Å². The topological polar surface area (TPSA) is 66.6 Å². The van der Waals surface area contributed by atoms with Crippen LogP contribution in [0.15, 0.2) is 54.9 Å². The number of ether oxygens (including phenoxy) is 1. The molecule has 5 heteroatoms. The Morgan fingerprint density at radius 2 is 1.81 bits per heavy atom. The lowest BCUT2D eigenvalue weighted by molar-refractivity contribution is 0.154. The van der Waals surface area contributed by atoms with E-state index in [9.17, 15) is 0 Å². The normalized spacial score (nSPS) is 15.3. The van der Waals surface area contributed by atoms with Gasteiger partial charge in [0.2, 0.25) is 0 Å². The van der Waals surface area contributed by atoms with Crippen molar-refractivity contribution in [3.8, 4) is 28.4 Å². The van der Waals surface area contributed by atoms with Gasteiger partial charge in [-0.25, -0.2) is 0 Å². The fraction of sp³-hybridized carbons (Fsp3) is 0.273. The van der Waals surface area contributed by atoms with E-state index in [1.165, 1.54) is 24.6 Å². The first-order chi connectivity index (χ1) is 13.3. The lowest BCUT2D eigenvalue weighted by atomic mass is 9.98. The molecule has 1 saturated carbocycles. The Hall–Kier alpha value is -3.08. The van der Waals surface area contributed by atoms with Gasteiger partial charge in [0, 0.05) is 22.7 Å². The van der Waals surface area contributed by atoms with Crippen LogP contribution in [0.1, 0.15) is 32.1 Å². The summed E-state index contributed by atoms with van der Waals surface area (Å²) in [7, 11) is 0. The van der Waals surface area contributed by atoms with E-state index >= 15 is 0 Å². The van der Waals surface area contributed by atoms with E-state index < -0.39 is 0 Å². The Morgan fingerprint density at radius 1 is 0.926 bits per heavy atom. The minimum atomic E-state index is 0.317. The molecule has 1 aliphatic rings. The number of aromatic amines is 2. The first-order valence-electron chi connectivity index (χ1n) is 9.61. The molecule has 0 unspecified atom stereocenters. The highest BCUT2D eigenvalue weighted by molar-refractivity contribution is 5.85. The van der Waals surface area contributed by atoms with Gasteiger partial charge in [0.1, 0.15) is 5.75 Å². The predicted molar refractivity (Wildman–Crippen MR) is 107 cm³/mol. The molecule has 1 aromatic carbocycles. The predicted octanol–water partition coefficient (Wildman–Crippen LogP) is 5.33. The minimum absolute atomic E-state index is 0.317. The third kappa shape index (κ3) is 3.33. The molecule has 0 amide bonds. The zero-order valence-corrected chi connectivity index (χ0v) is 15.1. The summed E-state index contributed by atoms with van der Waals surface area (Å²) < 4.78 is 6.14. The SMILES string of the molecule is c1ccc2[nH]c(-c3cc(-c4cncc(OC5CCCCC5)c4)n[nH]3)cc2c1. The fourth-order valence-electron chi connectivity index (χ4n) is 3.82.